The fourth-order valence-electron chi connectivity index (χ4n) is 3.85. The Balaban J connectivity index is 1.71. The second kappa shape index (κ2) is 10.6. The number of carbonyl (C=O) groups is 1. The number of thiophene rings is 1. The first-order valence-corrected chi connectivity index (χ1v) is 13.2. The molecule has 0 aliphatic carbocycles. The van der Waals surface area contributed by atoms with Crippen LogP contribution in [0.15, 0.2) is 26.9 Å². The average Bonchev–Trinajstić information content (AvgIpc) is 3.42. The molecule has 0 saturated carbocycles. The summed E-state index contributed by atoms with van der Waals surface area (Å²) in [6, 6.07) is 3.88. The maximum absolute atomic E-state index is 13.4. The Kier molecular flexibility index (Phi) is 8.07. The van der Waals surface area contributed by atoms with Crippen LogP contribution >= 0.6 is 11.3 Å². The first-order chi connectivity index (χ1) is 14.9. The Morgan fingerprint density at radius 2 is 2.06 bits per heavy atom. The number of unbranched alkanes of at least 4 members (excludes halogenated alkanes) is 1. The summed E-state index contributed by atoms with van der Waals surface area (Å²) < 4.78 is 33.5. The molecule has 1 amide bonds. The molecule has 1 saturated heterocycles. The lowest BCUT2D eigenvalue weighted by Crippen LogP contribution is -2.44. The fourth-order valence-corrected chi connectivity index (χ4v) is 6.18. The molecule has 0 aromatic carbocycles. The predicted molar refractivity (Wildman–Crippen MR) is 123 cm³/mol. The van der Waals surface area contributed by atoms with Crippen molar-refractivity contribution in [1.82, 2.24) is 14.4 Å². The van der Waals surface area contributed by atoms with E-state index in [0.717, 1.165) is 24.3 Å². The van der Waals surface area contributed by atoms with Crippen LogP contribution in [0, 0.1) is 12.8 Å². The minimum Gasteiger partial charge on any atom is -0.355 e. The van der Waals surface area contributed by atoms with E-state index in [-0.39, 0.29) is 22.5 Å². The second-order valence-electron chi connectivity index (χ2n) is 7.76. The molecule has 3 heterocycles. The maximum Gasteiger partial charge on any atom is 0.248 e. The van der Waals surface area contributed by atoms with E-state index in [2.05, 4.69) is 12.1 Å². The second-order valence-corrected chi connectivity index (χ2v) is 10.6. The number of hydrogen-bond donors (Lipinski definition) is 0. The monoisotopic (exact) mass is 465 g/mol. The number of piperidine rings is 1. The van der Waals surface area contributed by atoms with E-state index in [4.69, 9.17) is 4.52 Å². The Hall–Kier alpha value is -1.97. The first kappa shape index (κ1) is 23.7. The van der Waals surface area contributed by atoms with Gasteiger partial charge in [0, 0.05) is 37.0 Å². The number of sulfonamides is 1. The van der Waals surface area contributed by atoms with Gasteiger partial charge in [-0.05, 0) is 56.7 Å². The van der Waals surface area contributed by atoms with Crippen LogP contribution in [0.1, 0.15) is 55.9 Å². The lowest BCUT2D eigenvalue weighted by atomic mass is 9.96. The molecule has 1 fully saturated rings. The quantitative estimate of drug-likeness (QED) is 0.552. The molecule has 170 valence electrons. The van der Waals surface area contributed by atoms with Gasteiger partial charge in [0.1, 0.15) is 5.69 Å². The minimum atomic E-state index is -3.76. The lowest BCUT2D eigenvalue weighted by Gasteiger charge is -2.33. The van der Waals surface area contributed by atoms with Gasteiger partial charge in [-0.1, -0.05) is 24.6 Å². The number of hydrogen-bond acceptors (Lipinski definition) is 6. The molecule has 31 heavy (non-hydrogen) atoms. The summed E-state index contributed by atoms with van der Waals surface area (Å²) in [6.45, 7) is 7.85. The van der Waals surface area contributed by atoms with Crippen LogP contribution in [0.2, 0.25) is 0 Å². The summed E-state index contributed by atoms with van der Waals surface area (Å²) in [6.07, 6.45) is 6.58. The van der Waals surface area contributed by atoms with E-state index in [0.29, 0.717) is 38.2 Å². The highest BCUT2D eigenvalue weighted by Crippen LogP contribution is 2.30. The van der Waals surface area contributed by atoms with Crippen molar-refractivity contribution in [3.63, 3.8) is 0 Å². The summed E-state index contributed by atoms with van der Waals surface area (Å²) in [4.78, 5) is 15.9. The maximum atomic E-state index is 13.4. The van der Waals surface area contributed by atoms with Gasteiger partial charge in [-0.25, -0.2) is 8.42 Å². The van der Waals surface area contributed by atoms with Gasteiger partial charge in [-0.15, -0.1) is 11.3 Å². The third-order valence-corrected chi connectivity index (χ3v) is 8.55. The predicted octanol–water partition coefficient (Wildman–Crippen LogP) is 4.26. The highest BCUT2D eigenvalue weighted by atomic mass is 32.2. The fraction of sp³-hybridized carbons (Fsp3) is 0.545. The molecule has 1 aliphatic rings. The van der Waals surface area contributed by atoms with Crippen LogP contribution in [0.5, 0.6) is 0 Å². The zero-order chi connectivity index (χ0) is 22.4. The lowest BCUT2D eigenvalue weighted by molar-refractivity contribution is -0.136. The van der Waals surface area contributed by atoms with Gasteiger partial charge < -0.3 is 9.42 Å². The average molecular weight is 466 g/mol. The molecule has 3 rings (SSSR count). The smallest absolute Gasteiger partial charge is 0.248 e. The number of amides is 1. The molecular formula is C22H31N3O4S2. The number of aryl methyl sites for hydroxylation is 1. The Morgan fingerprint density at radius 3 is 2.68 bits per heavy atom. The van der Waals surface area contributed by atoms with E-state index in [9.17, 15) is 13.2 Å². The van der Waals surface area contributed by atoms with Gasteiger partial charge in [-0.3, -0.25) is 4.79 Å². The van der Waals surface area contributed by atoms with Crippen molar-refractivity contribution in [3.8, 4) is 0 Å². The van der Waals surface area contributed by atoms with Crippen molar-refractivity contribution in [3.05, 3.63) is 33.8 Å². The van der Waals surface area contributed by atoms with E-state index >= 15 is 0 Å². The van der Waals surface area contributed by atoms with Gasteiger partial charge >= 0.3 is 0 Å². The molecule has 0 atom stereocenters. The number of carbonyl (C=O) groups excluding carboxylic acids is 1. The summed E-state index contributed by atoms with van der Waals surface area (Å²) in [5.41, 5.74) is 0.348. The molecule has 7 nitrogen and oxygen atoms in total. The normalized spacial score (nSPS) is 16.2. The van der Waals surface area contributed by atoms with E-state index in [1.807, 2.05) is 35.4 Å². The van der Waals surface area contributed by atoms with E-state index in [1.165, 1.54) is 4.31 Å². The molecule has 0 N–H and O–H groups in total. The van der Waals surface area contributed by atoms with Crippen LogP contribution in [0.25, 0.3) is 12.2 Å². The highest BCUT2D eigenvalue weighted by Gasteiger charge is 2.36. The van der Waals surface area contributed by atoms with Crippen LogP contribution in [0.3, 0.4) is 0 Å². The largest absolute Gasteiger partial charge is 0.355 e. The zero-order valence-corrected chi connectivity index (χ0v) is 20.0. The molecule has 0 spiro atoms. The van der Waals surface area contributed by atoms with Crippen LogP contribution in [0.4, 0.5) is 0 Å². The first-order valence-electron chi connectivity index (χ1n) is 10.8. The van der Waals surface area contributed by atoms with Gasteiger partial charge in [0.05, 0.1) is 0 Å². The molecule has 2 aromatic heterocycles. The van der Waals surface area contributed by atoms with E-state index < -0.39 is 10.0 Å². The summed E-state index contributed by atoms with van der Waals surface area (Å²) in [5.74, 6) is 0.263. The van der Waals surface area contributed by atoms with Gasteiger partial charge in [0.2, 0.25) is 15.9 Å². The van der Waals surface area contributed by atoms with Crippen molar-refractivity contribution in [2.75, 3.05) is 26.2 Å². The highest BCUT2D eigenvalue weighted by molar-refractivity contribution is 7.89. The van der Waals surface area contributed by atoms with Crippen LogP contribution in [-0.4, -0.2) is 54.9 Å². The number of rotatable bonds is 9. The van der Waals surface area contributed by atoms with Gasteiger partial charge in [0.15, 0.2) is 10.7 Å². The Bertz CT molecular complexity index is 988. The zero-order valence-electron chi connectivity index (χ0n) is 18.4. The third-order valence-electron chi connectivity index (χ3n) is 5.65. The number of nitrogens with zero attached hydrogens (tertiary/aromatic N) is 3. The standard InChI is InChI=1S/C22H31N3O4S2/c1-4-6-13-24(5-2)22(26)18-11-14-25(15-12-18)31(27,28)21-17(3)23-29-20(21)10-9-19-8-7-16-30-19/h7-10,16,18H,4-6,11-15H2,1-3H3/b10-9+. The van der Waals surface area contributed by atoms with Crippen molar-refractivity contribution in [2.24, 2.45) is 5.92 Å². The Morgan fingerprint density at radius 1 is 1.32 bits per heavy atom. The van der Waals surface area contributed by atoms with E-state index in [1.54, 1.807) is 24.3 Å². The molecule has 9 heteroatoms. The molecular weight excluding hydrogens is 434 g/mol. The van der Waals surface area contributed by atoms with Crippen LogP contribution < -0.4 is 0 Å². The molecule has 0 unspecified atom stereocenters. The molecule has 2 aromatic rings. The Labute approximate surface area is 188 Å². The van der Waals surface area contributed by atoms with Crippen LogP contribution in [-0.2, 0) is 14.8 Å². The topological polar surface area (TPSA) is 83.7 Å². The molecule has 0 bridgehead atoms. The minimum absolute atomic E-state index is 0.114. The number of aromatic nitrogens is 1. The van der Waals surface area contributed by atoms with Crippen molar-refractivity contribution < 1.29 is 17.7 Å². The van der Waals surface area contributed by atoms with Gasteiger partial charge in [-0.2, -0.15) is 4.31 Å². The summed E-state index contributed by atoms with van der Waals surface area (Å²) in [7, 11) is -3.76. The third kappa shape index (κ3) is 5.45. The summed E-state index contributed by atoms with van der Waals surface area (Å²) in [5, 5.41) is 5.85. The van der Waals surface area contributed by atoms with Crippen molar-refractivity contribution in [1.29, 1.82) is 0 Å². The SMILES string of the molecule is CCCCN(CC)C(=O)C1CCN(S(=O)(=O)c2c(C)noc2/C=C/c2cccs2)CC1. The van der Waals surface area contributed by atoms with Gasteiger partial charge in [0.25, 0.3) is 0 Å². The molecule has 0 radical (unpaired) electrons. The molecule has 1 aliphatic heterocycles. The van der Waals surface area contributed by atoms with Crippen molar-refractivity contribution in [2.45, 2.75) is 51.3 Å². The summed E-state index contributed by atoms with van der Waals surface area (Å²) >= 11 is 1.56. The van der Waals surface area contributed by atoms with Crippen molar-refractivity contribution >= 4 is 39.4 Å².